The third-order valence-electron chi connectivity index (χ3n) is 2.58. The second kappa shape index (κ2) is 4.72. The van der Waals surface area contributed by atoms with Gasteiger partial charge in [0.15, 0.2) is 5.11 Å². The third-order valence-corrected chi connectivity index (χ3v) is 3.43. The number of benzene rings is 1. The van der Waals surface area contributed by atoms with Crippen LogP contribution in [0.15, 0.2) is 16.6 Å². The van der Waals surface area contributed by atoms with Crippen molar-refractivity contribution in [2.24, 2.45) is 0 Å². The Morgan fingerprint density at radius 1 is 1.38 bits per heavy atom. The number of hydrogen-bond donors (Lipinski definition) is 2. The van der Waals surface area contributed by atoms with Gasteiger partial charge in [0.1, 0.15) is 0 Å². The Morgan fingerprint density at radius 2 is 2.06 bits per heavy atom. The van der Waals surface area contributed by atoms with Gasteiger partial charge in [-0.15, -0.1) is 0 Å². The predicted molar refractivity (Wildman–Crippen MR) is 76.0 cm³/mol. The number of halogens is 1. The summed E-state index contributed by atoms with van der Waals surface area (Å²) in [6.45, 7) is 4.17. The molecular weight excluding hydrogens is 284 g/mol. The van der Waals surface area contributed by atoms with Crippen LogP contribution in [0, 0.1) is 13.8 Å². The average molecular weight is 299 g/mol. The maximum Gasteiger partial charge on any atom is 0.171 e. The molecule has 1 aliphatic rings. The van der Waals surface area contributed by atoms with E-state index in [1.54, 1.807) is 0 Å². The third kappa shape index (κ3) is 2.95. The van der Waals surface area contributed by atoms with Crippen molar-refractivity contribution in [2.45, 2.75) is 32.7 Å². The smallest absolute Gasteiger partial charge is 0.171 e. The summed E-state index contributed by atoms with van der Waals surface area (Å²) in [4.78, 5) is 0. The molecule has 16 heavy (non-hydrogen) atoms. The molecule has 1 aromatic carbocycles. The van der Waals surface area contributed by atoms with E-state index in [1.807, 2.05) is 0 Å². The van der Waals surface area contributed by atoms with Crippen molar-refractivity contribution >= 4 is 38.9 Å². The van der Waals surface area contributed by atoms with Crippen molar-refractivity contribution in [1.29, 1.82) is 0 Å². The van der Waals surface area contributed by atoms with E-state index in [2.05, 4.69) is 52.5 Å². The number of nitrogens with one attached hydrogen (secondary N) is 2. The Hall–Kier alpha value is -0.610. The summed E-state index contributed by atoms with van der Waals surface area (Å²) in [6.07, 6.45) is 2.46. The molecule has 0 aromatic heterocycles. The normalized spacial score (nSPS) is 14.7. The van der Waals surface area contributed by atoms with E-state index in [0.717, 1.165) is 15.3 Å². The van der Waals surface area contributed by atoms with Gasteiger partial charge in [0.25, 0.3) is 0 Å². The van der Waals surface area contributed by atoms with E-state index in [4.69, 9.17) is 12.2 Å². The van der Waals surface area contributed by atoms with Gasteiger partial charge in [0.05, 0.1) is 5.69 Å². The zero-order valence-electron chi connectivity index (χ0n) is 9.43. The van der Waals surface area contributed by atoms with Crippen molar-refractivity contribution in [3.05, 3.63) is 27.7 Å². The first kappa shape index (κ1) is 11.9. The molecule has 0 heterocycles. The number of hydrogen-bond acceptors (Lipinski definition) is 1. The highest BCUT2D eigenvalue weighted by Gasteiger charge is 2.22. The van der Waals surface area contributed by atoms with Gasteiger partial charge in [-0.05, 0) is 72.0 Å². The zero-order valence-corrected chi connectivity index (χ0v) is 11.8. The van der Waals surface area contributed by atoms with Crippen LogP contribution in [0.3, 0.4) is 0 Å². The van der Waals surface area contributed by atoms with E-state index < -0.39 is 0 Å². The van der Waals surface area contributed by atoms with E-state index >= 15 is 0 Å². The predicted octanol–water partition coefficient (Wildman–Crippen LogP) is 3.51. The summed E-state index contributed by atoms with van der Waals surface area (Å²) in [5.41, 5.74) is 3.51. The minimum atomic E-state index is 0.588. The maximum absolute atomic E-state index is 5.26. The Kier molecular flexibility index (Phi) is 3.50. The van der Waals surface area contributed by atoms with Gasteiger partial charge >= 0.3 is 0 Å². The molecule has 1 aromatic rings. The Bertz CT molecular complexity index is 404. The van der Waals surface area contributed by atoms with Crippen LogP contribution in [-0.2, 0) is 0 Å². The van der Waals surface area contributed by atoms with Crippen LogP contribution < -0.4 is 10.6 Å². The molecule has 0 atom stereocenters. The molecule has 1 aliphatic carbocycles. The lowest BCUT2D eigenvalue weighted by molar-refractivity contribution is 0.919. The molecule has 0 aliphatic heterocycles. The van der Waals surface area contributed by atoms with Crippen molar-refractivity contribution in [3.63, 3.8) is 0 Å². The second-order valence-electron chi connectivity index (χ2n) is 4.31. The van der Waals surface area contributed by atoms with Gasteiger partial charge in [-0.3, -0.25) is 0 Å². The molecule has 2 nitrogen and oxygen atoms in total. The topological polar surface area (TPSA) is 24.1 Å². The van der Waals surface area contributed by atoms with Crippen LogP contribution in [-0.4, -0.2) is 11.2 Å². The Balaban J connectivity index is 2.10. The van der Waals surface area contributed by atoms with E-state index in [-0.39, 0.29) is 0 Å². The maximum atomic E-state index is 5.26. The monoisotopic (exact) mass is 298 g/mol. The van der Waals surface area contributed by atoms with E-state index in [9.17, 15) is 0 Å². The molecule has 0 unspecified atom stereocenters. The highest BCUT2D eigenvalue weighted by molar-refractivity contribution is 9.10. The van der Waals surface area contributed by atoms with Gasteiger partial charge in [0.2, 0.25) is 0 Å². The summed E-state index contributed by atoms with van der Waals surface area (Å²) in [5, 5.41) is 7.24. The van der Waals surface area contributed by atoms with Crippen LogP contribution in [0.25, 0.3) is 0 Å². The summed E-state index contributed by atoms with van der Waals surface area (Å²) in [6, 6.07) is 4.83. The fourth-order valence-electron chi connectivity index (χ4n) is 1.64. The standard InChI is InChI=1S/C12H15BrN2S/c1-7-5-8(2)11(10(13)6-7)15-12(16)14-9-3-4-9/h5-6,9H,3-4H2,1-2H3,(H2,14,15,16). The number of rotatable bonds is 2. The molecular formula is C12H15BrN2S. The molecule has 1 saturated carbocycles. The lowest BCUT2D eigenvalue weighted by atomic mass is 10.1. The number of anilines is 1. The quantitative estimate of drug-likeness (QED) is 0.817. The second-order valence-corrected chi connectivity index (χ2v) is 5.57. The van der Waals surface area contributed by atoms with Crippen LogP contribution >= 0.6 is 28.1 Å². The lowest BCUT2D eigenvalue weighted by Crippen LogP contribution is -2.30. The molecule has 4 heteroatoms. The van der Waals surface area contributed by atoms with Crippen molar-refractivity contribution in [2.75, 3.05) is 5.32 Å². The van der Waals surface area contributed by atoms with Gasteiger partial charge in [-0.2, -0.15) is 0 Å². The fourth-order valence-corrected chi connectivity index (χ4v) is 2.68. The number of aryl methyl sites for hydroxylation is 2. The minimum absolute atomic E-state index is 0.588. The first-order valence-electron chi connectivity index (χ1n) is 5.40. The SMILES string of the molecule is Cc1cc(C)c(NC(=S)NC2CC2)c(Br)c1. The van der Waals surface area contributed by atoms with E-state index in [1.165, 1.54) is 24.0 Å². The molecule has 0 saturated heterocycles. The first-order chi connectivity index (χ1) is 7.56. The lowest BCUT2D eigenvalue weighted by Gasteiger charge is -2.14. The molecule has 1 fully saturated rings. The summed E-state index contributed by atoms with van der Waals surface area (Å²) < 4.78 is 1.06. The molecule has 0 radical (unpaired) electrons. The average Bonchev–Trinajstić information content (AvgIpc) is 2.95. The van der Waals surface area contributed by atoms with Crippen molar-refractivity contribution in [1.82, 2.24) is 5.32 Å². The zero-order chi connectivity index (χ0) is 11.7. The van der Waals surface area contributed by atoms with Crippen LogP contribution in [0.2, 0.25) is 0 Å². The van der Waals surface area contributed by atoms with Gasteiger partial charge < -0.3 is 10.6 Å². The van der Waals surface area contributed by atoms with Gasteiger partial charge in [0, 0.05) is 10.5 Å². The van der Waals surface area contributed by atoms with Crippen LogP contribution in [0.4, 0.5) is 5.69 Å². The molecule has 2 N–H and O–H groups in total. The molecule has 0 amide bonds. The first-order valence-corrected chi connectivity index (χ1v) is 6.60. The fraction of sp³-hybridized carbons (Fsp3) is 0.417. The summed E-state index contributed by atoms with van der Waals surface area (Å²) >= 11 is 8.82. The Morgan fingerprint density at radius 3 is 2.62 bits per heavy atom. The molecule has 86 valence electrons. The minimum Gasteiger partial charge on any atom is -0.360 e. The van der Waals surface area contributed by atoms with Crippen molar-refractivity contribution < 1.29 is 0 Å². The molecule has 0 bridgehead atoms. The molecule has 2 rings (SSSR count). The largest absolute Gasteiger partial charge is 0.360 e. The number of thiocarbonyl (C=S) groups is 1. The molecule has 0 spiro atoms. The summed E-state index contributed by atoms with van der Waals surface area (Å²) in [5.74, 6) is 0. The Labute approximate surface area is 110 Å². The van der Waals surface area contributed by atoms with Crippen LogP contribution in [0.1, 0.15) is 24.0 Å². The summed E-state index contributed by atoms with van der Waals surface area (Å²) in [7, 11) is 0. The highest BCUT2D eigenvalue weighted by atomic mass is 79.9. The van der Waals surface area contributed by atoms with Crippen LogP contribution in [0.5, 0.6) is 0 Å². The van der Waals surface area contributed by atoms with Crippen molar-refractivity contribution in [3.8, 4) is 0 Å². The van der Waals surface area contributed by atoms with E-state index in [0.29, 0.717) is 6.04 Å². The van der Waals surface area contributed by atoms with Gasteiger partial charge in [-0.1, -0.05) is 6.07 Å². The van der Waals surface area contributed by atoms with Gasteiger partial charge in [-0.25, -0.2) is 0 Å². The highest BCUT2D eigenvalue weighted by Crippen LogP contribution is 2.28.